The zero-order valence-corrected chi connectivity index (χ0v) is 15.8. The molecule has 7 nitrogen and oxygen atoms in total. The molecule has 7 heteroatoms. The number of carbonyl (C=O) groups is 1. The average Bonchev–Trinajstić information content (AvgIpc) is 3.03. The number of carbonyl (C=O) groups excluding carboxylic acids is 1. The van der Waals surface area contributed by atoms with E-state index >= 15 is 0 Å². The summed E-state index contributed by atoms with van der Waals surface area (Å²) in [6.45, 7) is 3.29. The Morgan fingerprint density at radius 2 is 2.19 bits per heavy atom. The third-order valence-electron chi connectivity index (χ3n) is 4.48. The van der Waals surface area contributed by atoms with E-state index in [4.69, 9.17) is 4.74 Å². The van der Waals surface area contributed by atoms with Gasteiger partial charge >= 0.3 is 0 Å². The minimum Gasteiger partial charge on any atom is -0.385 e. The van der Waals surface area contributed by atoms with Gasteiger partial charge in [-0.05, 0) is 37.1 Å². The van der Waals surface area contributed by atoms with Gasteiger partial charge in [0.2, 0.25) is 5.91 Å². The van der Waals surface area contributed by atoms with Crippen molar-refractivity contribution in [2.75, 3.05) is 38.8 Å². The SMILES string of the molecule is COCCCNC(=O)CN(C)c1cc(C)c(C#N)c2nc3ccccc3n12. The molecule has 1 amide bonds. The van der Waals surface area contributed by atoms with E-state index in [0.29, 0.717) is 24.4 Å². The molecule has 0 spiro atoms. The molecule has 0 fully saturated rings. The van der Waals surface area contributed by atoms with E-state index in [2.05, 4.69) is 16.4 Å². The van der Waals surface area contributed by atoms with Crippen LogP contribution in [0.2, 0.25) is 0 Å². The van der Waals surface area contributed by atoms with E-state index < -0.39 is 0 Å². The van der Waals surface area contributed by atoms with Crippen LogP contribution in [0.25, 0.3) is 16.7 Å². The summed E-state index contributed by atoms with van der Waals surface area (Å²) in [5.41, 5.74) is 3.72. The molecule has 1 N–H and O–H groups in total. The Bertz CT molecular complexity index is 1020. The molecule has 0 aliphatic heterocycles. The number of methoxy groups -OCH3 is 1. The van der Waals surface area contributed by atoms with Crippen LogP contribution in [0.3, 0.4) is 0 Å². The monoisotopic (exact) mass is 365 g/mol. The van der Waals surface area contributed by atoms with Gasteiger partial charge in [-0.15, -0.1) is 0 Å². The highest BCUT2D eigenvalue weighted by Crippen LogP contribution is 2.28. The van der Waals surface area contributed by atoms with Crippen molar-refractivity contribution in [3.63, 3.8) is 0 Å². The maximum absolute atomic E-state index is 12.3. The number of rotatable bonds is 7. The Morgan fingerprint density at radius 1 is 1.41 bits per heavy atom. The van der Waals surface area contributed by atoms with Crippen LogP contribution >= 0.6 is 0 Å². The summed E-state index contributed by atoms with van der Waals surface area (Å²) in [7, 11) is 3.51. The zero-order valence-electron chi connectivity index (χ0n) is 15.8. The lowest BCUT2D eigenvalue weighted by Gasteiger charge is -2.21. The van der Waals surface area contributed by atoms with Crippen molar-refractivity contribution in [2.24, 2.45) is 0 Å². The van der Waals surface area contributed by atoms with Crippen LogP contribution in [0.4, 0.5) is 5.82 Å². The number of nitrogens with one attached hydrogen (secondary N) is 1. The van der Waals surface area contributed by atoms with Gasteiger partial charge in [0, 0.05) is 27.3 Å². The number of nitriles is 1. The first kappa shape index (κ1) is 18.7. The number of imidazole rings is 1. The van der Waals surface area contributed by atoms with E-state index in [1.807, 2.05) is 53.6 Å². The van der Waals surface area contributed by atoms with Crippen LogP contribution in [0.5, 0.6) is 0 Å². The maximum Gasteiger partial charge on any atom is 0.239 e. The van der Waals surface area contributed by atoms with Crippen molar-refractivity contribution in [1.29, 1.82) is 5.26 Å². The van der Waals surface area contributed by atoms with Gasteiger partial charge in [-0.1, -0.05) is 12.1 Å². The Kier molecular flexibility index (Phi) is 5.57. The topological polar surface area (TPSA) is 82.7 Å². The van der Waals surface area contributed by atoms with Gasteiger partial charge < -0.3 is 15.0 Å². The largest absolute Gasteiger partial charge is 0.385 e. The summed E-state index contributed by atoms with van der Waals surface area (Å²) >= 11 is 0. The molecule has 1 aromatic carbocycles. The maximum atomic E-state index is 12.3. The number of aryl methyl sites for hydroxylation is 1. The smallest absolute Gasteiger partial charge is 0.239 e. The highest BCUT2D eigenvalue weighted by Gasteiger charge is 2.18. The molecular weight excluding hydrogens is 342 g/mol. The van der Waals surface area contributed by atoms with Gasteiger partial charge in [0.05, 0.1) is 23.1 Å². The summed E-state index contributed by atoms with van der Waals surface area (Å²) < 4.78 is 6.93. The first-order valence-corrected chi connectivity index (χ1v) is 8.84. The first-order chi connectivity index (χ1) is 13.1. The Balaban J connectivity index is 1.96. The normalized spacial score (nSPS) is 10.9. The van der Waals surface area contributed by atoms with Gasteiger partial charge in [-0.2, -0.15) is 5.26 Å². The molecule has 0 aliphatic carbocycles. The molecule has 140 valence electrons. The molecule has 2 aromatic heterocycles. The minimum atomic E-state index is -0.0619. The summed E-state index contributed by atoms with van der Waals surface area (Å²) in [6, 6.07) is 11.9. The Labute approximate surface area is 158 Å². The van der Waals surface area contributed by atoms with Crippen molar-refractivity contribution in [3.05, 3.63) is 41.5 Å². The lowest BCUT2D eigenvalue weighted by Crippen LogP contribution is -2.36. The fourth-order valence-corrected chi connectivity index (χ4v) is 3.15. The van der Waals surface area contributed by atoms with Crippen LogP contribution in [0.1, 0.15) is 17.5 Å². The summed E-state index contributed by atoms with van der Waals surface area (Å²) in [5.74, 6) is 0.760. The molecule has 3 aromatic rings. The fraction of sp³-hybridized carbons (Fsp3) is 0.350. The van der Waals surface area contributed by atoms with Crippen molar-refractivity contribution in [3.8, 4) is 6.07 Å². The van der Waals surface area contributed by atoms with Crippen LogP contribution in [0.15, 0.2) is 30.3 Å². The predicted octanol–water partition coefficient (Wildman–Crippen LogP) is 2.26. The molecule has 27 heavy (non-hydrogen) atoms. The molecule has 0 saturated heterocycles. The lowest BCUT2D eigenvalue weighted by molar-refractivity contribution is -0.119. The molecule has 0 aliphatic rings. The molecule has 0 bridgehead atoms. The van der Waals surface area contributed by atoms with Crippen LogP contribution in [-0.2, 0) is 9.53 Å². The minimum absolute atomic E-state index is 0.0619. The van der Waals surface area contributed by atoms with E-state index in [1.54, 1.807) is 7.11 Å². The number of nitrogens with zero attached hydrogens (tertiary/aromatic N) is 4. The van der Waals surface area contributed by atoms with Gasteiger partial charge in [-0.25, -0.2) is 4.98 Å². The average molecular weight is 365 g/mol. The highest BCUT2D eigenvalue weighted by atomic mass is 16.5. The molecule has 0 unspecified atom stereocenters. The third kappa shape index (κ3) is 3.71. The summed E-state index contributed by atoms with van der Waals surface area (Å²) in [6.07, 6.45) is 0.776. The third-order valence-corrected chi connectivity index (χ3v) is 4.48. The number of fused-ring (bicyclic) bond motifs is 3. The molecular formula is C20H23N5O2. The molecule has 2 heterocycles. The van der Waals surface area contributed by atoms with Crippen molar-refractivity contribution >= 4 is 28.4 Å². The number of aromatic nitrogens is 2. The highest BCUT2D eigenvalue weighted by molar-refractivity contribution is 5.86. The van der Waals surface area contributed by atoms with E-state index in [9.17, 15) is 10.1 Å². The number of anilines is 1. The van der Waals surface area contributed by atoms with Crippen LogP contribution < -0.4 is 10.2 Å². The summed E-state index contributed by atoms with van der Waals surface area (Å²) in [4.78, 5) is 18.8. The molecule has 0 atom stereocenters. The van der Waals surface area contributed by atoms with Crippen molar-refractivity contribution < 1.29 is 9.53 Å². The van der Waals surface area contributed by atoms with Crippen molar-refractivity contribution in [1.82, 2.24) is 14.7 Å². The van der Waals surface area contributed by atoms with Gasteiger partial charge in [-0.3, -0.25) is 9.20 Å². The number of ether oxygens (including phenoxy) is 1. The van der Waals surface area contributed by atoms with Crippen LogP contribution in [-0.4, -0.2) is 49.1 Å². The predicted molar refractivity (Wildman–Crippen MR) is 105 cm³/mol. The molecule has 0 radical (unpaired) electrons. The van der Waals surface area contributed by atoms with E-state index in [0.717, 1.165) is 28.8 Å². The molecule has 0 saturated carbocycles. The lowest BCUT2D eigenvalue weighted by atomic mass is 10.1. The quantitative estimate of drug-likeness (QED) is 0.650. The standard InChI is InChI=1S/C20H23N5O2/c1-14-11-19(24(2)13-18(26)22-9-6-10-27-3)25-17-8-5-4-7-16(17)23-20(25)15(14)12-21/h4-5,7-8,11H,6,9-10,13H2,1-3H3,(H,22,26). The number of likely N-dealkylation sites (N-methyl/N-ethyl adjacent to an activating group) is 1. The molecule has 3 rings (SSSR count). The number of amides is 1. The summed E-state index contributed by atoms with van der Waals surface area (Å²) in [5, 5.41) is 12.5. The van der Waals surface area contributed by atoms with Gasteiger partial charge in [0.15, 0.2) is 5.65 Å². The van der Waals surface area contributed by atoms with Crippen molar-refractivity contribution in [2.45, 2.75) is 13.3 Å². The second-order valence-electron chi connectivity index (χ2n) is 6.48. The Hall–Kier alpha value is -3.11. The number of hydrogen-bond acceptors (Lipinski definition) is 5. The number of pyridine rings is 1. The van der Waals surface area contributed by atoms with Gasteiger partial charge in [0.1, 0.15) is 11.9 Å². The number of hydrogen-bond donors (Lipinski definition) is 1. The number of benzene rings is 1. The van der Waals surface area contributed by atoms with E-state index in [1.165, 1.54) is 0 Å². The number of para-hydroxylation sites is 2. The second-order valence-corrected chi connectivity index (χ2v) is 6.48. The fourth-order valence-electron chi connectivity index (χ4n) is 3.15. The van der Waals surface area contributed by atoms with Crippen LogP contribution in [0, 0.1) is 18.3 Å². The first-order valence-electron chi connectivity index (χ1n) is 8.84. The Morgan fingerprint density at radius 3 is 2.93 bits per heavy atom. The second kappa shape index (κ2) is 8.06. The zero-order chi connectivity index (χ0) is 19.4. The van der Waals surface area contributed by atoms with E-state index in [-0.39, 0.29) is 12.5 Å². The van der Waals surface area contributed by atoms with Gasteiger partial charge in [0.25, 0.3) is 0 Å².